The second-order valence-corrected chi connectivity index (χ2v) is 7.66. The molecule has 0 aliphatic rings. The Morgan fingerprint density at radius 1 is 1.04 bits per heavy atom. The second kappa shape index (κ2) is 7.39. The number of esters is 1. The van der Waals surface area contributed by atoms with Gasteiger partial charge in [-0.3, -0.25) is 10.1 Å². The van der Waals surface area contributed by atoms with E-state index in [1.54, 1.807) is 7.11 Å². The van der Waals surface area contributed by atoms with Crippen molar-refractivity contribution in [3.05, 3.63) is 69.3 Å². The van der Waals surface area contributed by atoms with Crippen LogP contribution in [0.1, 0.15) is 49.2 Å². The zero-order valence-electron chi connectivity index (χ0n) is 16.5. The van der Waals surface area contributed by atoms with E-state index in [2.05, 4.69) is 0 Å². The molecule has 1 unspecified atom stereocenters. The molecule has 0 spiro atoms. The van der Waals surface area contributed by atoms with Crippen molar-refractivity contribution in [1.29, 1.82) is 0 Å². The van der Waals surface area contributed by atoms with E-state index in [1.165, 1.54) is 24.3 Å². The van der Waals surface area contributed by atoms with Crippen LogP contribution in [0.4, 0.5) is 5.69 Å². The summed E-state index contributed by atoms with van der Waals surface area (Å²) in [6.07, 6.45) is 0. The Labute approximate surface area is 159 Å². The van der Waals surface area contributed by atoms with Gasteiger partial charge in [0.15, 0.2) is 0 Å². The molecule has 0 N–H and O–H groups in total. The number of non-ortho nitro benzene ring substituents is 1. The van der Waals surface area contributed by atoms with Crippen LogP contribution in [-0.4, -0.2) is 18.0 Å². The third kappa shape index (κ3) is 4.10. The Kier molecular flexibility index (Phi) is 5.59. The SMILES string of the molecule is COc1ccc(C(C)(OC(=O)c2ccc([N+](=O)[O-])cc2)C(C)(C)C)c(C)c1. The molecule has 6 heteroatoms. The van der Waals surface area contributed by atoms with Gasteiger partial charge in [-0.15, -0.1) is 0 Å². The molecule has 0 fully saturated rings. The minimum Gasteiger partial charge on any atom is -0.497 e. The van der Waals surface area contributed by atoms with Gasteiger partial charge in [0.2, 0.25) is 0 Å². The predicted octanol–water partition coefficient (Wildman–Crippen LogP) is 5.03. The van der Waals surface area contributed by atoms with Gasteiger partial charge in [-0.05, 0) is 49.2 Å². The lowest BCUT2D eigenvalue weighted by molar-refractivity contribution is -0.384. The summed E-state index contributed by atoms with van der Waals surface area (Å²) >= 11 is 0. The van der Waals surface area contributed by atoms with E-state index >= 15 is 0 Å². The van der Waals surface area contributed by atoms with Gasteiger partial charge in [0.05, 0.1) is 17.6 Å². The Bertz CT molecular complexity index is 852. The Balaban J connectivity index is 2.42. The van der Waals surface area contributed by atoms with E-state index in [0.29, 0.717) is 0 Å². The molecule has 0 aromatic heterocycles. The molecule has 0 bridgehead atoms. The fourth-order valence-electron chi connectivity index (χ4n) is 2.87. The van der Waals surface area contributed by atoms with E-state index in [-0.39, 0.29) is 11.3 Å². The molecule has 6 nitrogen and oxygen atoms in total. The third-order valence-corrected chi connectivity index (χ3v) is 4.99. The second-order valence-electron chi connectivity index (χ2n) is 7.66. The first kappa shape index (κ1) is 20.4. The lowest BCUT2D eigenvalue weighted by Crippen LogP contribution is -2.42. The summed E-state index contributed by atoms with van der Waals surface area (Å²) in [5, 5.41) is 10.8. The van der Waals surface area contributed by atoms with Crippen molar-refractivity contribution in [2.24, 2.45) is 5.41 Å². The van der Waals surface area contributed by atoms with Crippen LogP contribution in [0.15, 0.2) is 42.5 Å². The van der Waals surface area contributed by atoms with E-state index < -0.39 is 21.9 Å². The van der Waals surface area contributed by atoms with Crippen LogP contribution in [0.25, 0.3) is 0 Å². The number of rotatable bonds is 5. The molecule has 0 saturated carbocycles. The molecule has 1 atom stereocenters. The number of methoxy groups -OCH3 is 1. The molecule has 27 heavy (non-hydrogen) atoms. The number of nitro benzene ring substituents is 1. The van der Waals surface area contributed by atoms with Gasteiger partial charge in [-0.1, -0.05) is 26.8 Å². The molecule has 144 valence electrons. The van der Waals surface area contributed by atoms with Crippen LogP contribution in [0.2, 0.25) is 0 Å². The maximum absolute atomic E-state index is 12.8. The highest BCUT2D eigenvalue weighted by molar-refractivity contribution is 5.90. The van der Waals surface area contributed by atoms with Gasteiger partial charge < -0.3 is 9.47 Å². The average Bonchev–Trinajstić information content (AvgIpc) is 2.60. The summed E-state index contributed by atoms with van der Waals surface area (Å²) < 4.78 is 11.2. The average molecular weight is 371 g/mol. The molecule has 0 saturated heterocycles. The molecule has 0 radical (unpaired) electrons. The van der Waals surface area contributed by atoms with E-state index in [1.807, 2.05) is 52.8 Å². The smallest absolute Gasteiger partial charge is 0.339 e. The minimum atomic E-state index is -0.914. The molecular formula is C21H25NO5. The van der Waals surface area contributed by atoms with Gasteiger partial charge in [-0.2, -0.15) is 0 Å². The number of nitrogens with zero attached hydrogens (tertiary/aromatic N) is 1. The fraction of sp³-hybridized carbons (Fsp3) is 0.381. The molecule has 2 aromatic rings. The van der Waals surface area contributed by atoms with Crippen LogP contribution in [0.3, 0.4) is 0 Å². The van der Waals surface area contributed by atoms with E-state index in [0.717, 1.165) is 16.9 Å². The monoisotopic (exact) mass is 371 g/mol. The zero-order chi connectivity index (χ0) is 20.4. The molecule has 0 aliphatic heterocycles. The van der Waals surface area contributed by atoms with Gasteiger partial charge in [-0.25, -0.2) is 4.79 Å². The summed E-state index contributed by atoms with van der Waals surface area (Å²) in [7, 11) is 1.60. The van der Waals surface area contributed by atoms with Gasteiger partial charge in [0.25, 0.3) is 5.69 Å². The summed E-state index contributed by atoms with van der Waals surface area (Å²) in [5.74, 6) is 0.201. The zero-order valence-corrected chi connectivity index (χ0v) is 16.5. The van der Waals surface area contributed by atoms with Crippen LogP contribution in [-0.2, 0) is 10.3 Å². The van der Waals surface area contributed by atoms with Crippen LogP contribution in [0.5, 0.6) is 5.75 Å². The molecule has 0 amide bonds. The maximum atomic E-state index is 12.8. The lowest BCUT2D eigenvalue weighted by atomic mass is 9.72. The molecule has 0 aliphatic carbocycles. The normalized spacial score (nSPS) is 13.6. The van der Waals surface area contributed by atoms with E-state index in [4.69, 9.17) is 9.47 Å². The van der Waals surface area contributed by atoms with Crippen LogP contribution < -0.4 is 4.74 Å². The highest BCUT2D eigenvalue weighted by Gasteiger charge is 2.44. The highest BCUT2D eigenvalue weighted by Crippen LogP contribution is 2.44. The van der Waals surface area contributed by atoms with Gasteiger partial charge in [0, 0.05) is 17.5 Å². The number of hydrogen-bond donors (Lipinski definition) is 0. The molecule has 0 heterocycles. The quantitative estimate of drug-likeness (QED) is 0.418. The van der Waals surface area contributed by atoms with Crippen molar-refractivity contribution >= 4 is 11.7 Å². The maximum Gasteiger partial charge on any atom is 0.339 e. The fourth-order valence-corrected chi connectivity index (χ4v) is 2.87. The topological polar surface area (TPSA) is 78.7 Å². The standard InChI is InChI=1S/C21H25NO5/c1-14-13-17(26-6)11-12-18(14)21(5,20(2,3)4)27-19(23)15-7-9-16(10-8-15)22(24)25/h7-13H,1-6H3. The number of ether oxygens (including phenoxy) is 2. The summed E-state index contributed by atoms with van der Waals surface area (Å²) in [6.45, 7) is 9.83. The first-order valence-corrected chi connectivity index (χ1v) is 8.62. The Morgan fingerprint density at radius 2 is 1.63 bits per heavy atom. The van der Waals surface area contributed by atoms with E-state index in [9.17, 15) is 14.9 Å². The van der Waals surface area contributed by atoms with Crippen LogP contribution in [0, 0.1) is 22.5 Å². The highest BCUT2D eigenvalue weighted by atomic mass is 16.6. The van der Waals surface area contributed by atoms with Crippen molar-refractivity contribution < 1.29 is 19.2 Å². The van der Waals surface area contributed by atoms with Crippen molar-refractivity contribution in [3.8, 4) is 5.75 Å². The molecular weight excluding hydrogens is 346 g/mol. The number of carbonyl (C=O) groups is 1. The third-order valence-electron chi connectivity index (χ3n) is 4.99. The lowest BCUT2D eigenvalue weighted by Gasteiger charge is -2.42. The van der Waals surface area contributed by atoms with Crippen molar-refractivity contribution in [3.63, 3.8) is 0 Å². The number of benzene rings is 2. The number of nitro groups is 1. The summed E-state index contributed by atoms with van der Waals surface area (Å²) in [6, 6.07) is 11.1. The Morgan fingerprint density at radius 3 is 2.07 bits per heavy atom. The van der Waals surface area contributed by atoms with Gasteiger partial charge in [0.1, 0.15) is 11.4 Å². The molecule has 2 rings (SSSR count). The number of hydrogen-bond acceptors (Lipinski definition) is 5. The molecule has 2 aromatic carbocycles. The summed E-state index contributed by atoms with van der Waals surface area (Å²) in [5.41, 5.74) is 0.707. The predicted molar refractivity (Wildman–Crippen MR) is 103 cm³/mol. The number of carbonyl (C=O) groups excluding carboxylic acids is 1. The summed E-state index contributed by atoms with van der Waals surface area (Å²) in [4.78, 5) is 23.1. The first-order valence-electron chi connectivity index (χ1n) is 8.62. The van der Waals surface area contributed by atoms with Crippen molar-refractivity contribution in [1.82, 2.24) is 0 Å². The largest absolute Gasteiger partial charge is 0.497 e. The Hall–Kier alpha value is -2.89. The number of aryl methyl sites for hydroxylation is 1. The minimum absolute atomic E-state index is 0.0730. The van der Waals surface area contributed by atoms with Crippen molar-refractivity contribution in [2.75, 3.05) is 7.11 Å². The first-order chi connectivity index (χ1) is 12.5. The van der Waals surface area contributed by atoms with Gasteiger partial charge >= 0.3 is 5.97 Å². The van der Waals surface area contributed by atoms with Crippen molar-refractivity contribution in [2.45, 2.75) is 40.2 Å². The van der Waals surface area contributed by atoms with Crippen LogP contribution >= 0.6 is 0 Å².